The Morgan fingerprint density at radius 1 is 1.19 bits per heavy atom. The molecule has 2 atom stereocenters. The second-order valence-corrected chi connectivity index (χ2v) is 5.79. The monoisotopic (exact) mass is 303 g/mol. The molecule has 2 aromatic carbocycles. The molecule has 0 bridgehead atoms. The maximum absolute atomic E-state index is 6.32. The van der Waals surface area contributed by atoms with E-state index in [0.29, 0.717) is 10.8 Å². The van der Waals surface area contributed by atoms with Gasteiger partial charge in [0.25, 0.3) is 0 Å². The first kappa shape index (κ1) is 14.2. The van der Waals surface area contributed by atoms with E-state index in [4.69, 9.17) is 26.8 Å². The highest BCUT2D eigenvalue weighted by Crippen LogP contribution is 2.36. The van der Waals surface area contributed by atoms with Crippen molar-refractivity contribution < 1.29 is 9.47 Å². The zero-order valence-electron chi connectivity index (χ0n) is 12.1. The smallest absolute Gasteiger partial charge is 0.138 e. The number of fused-ring (bicyclic) bond motifs is 1. The topological polar surface area (TPSA) is 44.5 Å². The van der Waals surface area contributed by atoms with E-state index in [1.165, 1.54) is 5.56 Å². The van der Waals surface area contributed by atoms with E-state index >= 15 is 0 Å². The number of ether oxygens (including phenoxy) is 2. The molecular weight excluding hydrogens is 286 g/mol. The van der Waals surface area contributed by atoms with E-state index in [0.717, 1.165) is 23.3 Å². The number of halogens is 1. The summed E-state index contributed by atoms with van der Waals surface area (Å²) in [6.45, 7) is 2.00. The highest BCUT2D eigenvalue weighted by Gasteiger charge is 2.32. The van der Waals surface area contributed by atoms with E-state index in [1.807, 2.05) is 43.3 Å². The molecule has 4 heteroatoms. The quantitative estimate of drug-likeness (QED) is 0.941. The minimum absolute atomic E-state index is 0.104. The van der Waals surface area contributed by atoms with Gasteiger partial charge in [0.1, 0.15) is 17.6 Å². The Morgan fingerprint density at radius 2 is 2.00 bits per heavy atom. The van der Waals surface area contributed by atoms with Crippen LogP contribution in [0, 0.1) is 6.92 Å². The molecule has 0 saturated carbocycles. The van der Waals surface area contributed by atoms with Gasteiger partial charge in [0.15, 0.2) is 0 Å². The standard InChI is InChI=1S/C17H18ClNO2/c1-10-3-6-15(14(18)7-10)21-16-8-11-4-5-12(20-2)9-13(11)17(16)19/h3-7,9,16-17H,8,19H2,1-2H3. The summed E-state index contributed by atoms with van der Waals surface area (Å²) in [5.41, 5.74) is 9.72. The van der Waals surface area contributed by atoms with Gasteiger partial charge in [-0.15, -0.1) is 0 Å². The van der Waals surface area contributed by atoms with Gasteiger partial charge in [-0.1, -0.05) is 23.7 Å². The SMILES string of the molecule is COc1ccc2c(c1)C(N)C(Oc1ccc(C)cc1Cl)C2. The fourth-order valence-electron chi connectivity index (χ4n) is 2.72. The van der Waals surface area contributed by atoms with Crippen LogP contribution in [0.25, 0.3) is 0 Å². The summed E-state index contributed by atoms with van der Waals surface area (Å²) in [7, 11) is 1.66. The highest BCUT2D eigenvalue weighted by atomic mass is 35.5. The minimum Gasteiger partial charge on any atom is -0.497 e. The van der Waals surface area contributed by atoms with Gasteiger partial charge < -0.3 is 15.2 Å². The van der Waals surface area contributed by atoms with Crippen LogP contribution in [0.2, 0.25) is 5.02 Å². The first-order valence-electron chi connectivity index (χ1n) is 6.93. The molecule has 110 valence electrons. The summed E-state index contributed by atoms with van der Waals surface area (Å²) < 4.78 is 11.3. The third kappa shape index (κ3) is 2.71. The normalized spacial score (nSPS) is 20.2. The molecular formula is C17H18ClNO2. The fraction of sp³-hybridized carbons (Fsp3) is 0.294. The Balaban J connectivity index is 1.82. The van der Waals surface area contributed by atoms with Crippen LogP contribution in [0.3, 0.4) is 0 Å². The van der Waals surface area contributed by atoms with Gasteiger partial charge in [0.2, 0.25) is 0 Å². The summed E-state index contributed by atoms with van der Waals surface area (Å²) in [6.07, 6.45) is 0.678. The van der Waals surface area contributed by atoms with E-state index in [-0.39, 0.29) is 12.1 Å². The van der Waals surface area contributed by atoms with Gasteiger partial charge in [0.05, 0.1) is 18.2 Å². The average Bonchev–Trinajstić information content (AvgIpc) is 2.78. The summed E-state index contributed by atoms with van der Waals surface area (Å²) >= 11 is 6.23. The summed E-state index contributed by atoms with van der Waals surface area (Å²) in [5, 5.41) is 0.621. The molecule has 2 unspecified atom stereocenters. The number of hydrogen-bond donors (Lipinski definition) is 1. The predicted molar refractivity (Wildman–Crippen MR) is 84.2 cm³/mol. The van der Waals surface area contributed by atoms with Crippen LogP contribution in [-0.4, -0.2) is 13.2 Å². The lowest BCUT2D eigenvalue weighted by molar-refractivity contribution is 0.185. The molecule has 0 aliphatic heterocycles. The zero-order chi connectivity index (χ0) is 15.0. The number of methoxy groups -OCH3 is 1. The van der Waals surface area contributed by atoms with Gasteiger partial charge in [-0.3, -0.25) is 0 Å². The number of nitrogens with two attached hydrogens (primary N) is 1. The third-order valence-electron chi connectivity index (χ3n) is 3.90. The second-order valence-electron chi connectivity index (χ2n) is 5.38. The van der Waals surface area contributed by atoms with Gasteiger partial charge in [-0.25, -0.2) is 0 Å². The van der Waals surface area contributed by atoms with E-state index in [2.05, 4.69) is 0 Å². The third-order valence-corrected chi connectivity index (χ3v) is 4.19. The van der Waals surface area contributed by atoms with Crippen molar-refractivity contribution in [3.05, 3.63) is 58.1 Å². The van der Waals surface area contributed by atoms with Crippen LogP contribution in [0.4, 0.5) is 0 Å². The molecule has 0 saturated heterocycles. The molecule has 2 N–H and O–H groups in total. The minimum atomic E-state index is -0.174. The molecule has 2 aromatic rings. The van der Waals surface area contributed by atoms with Crippen molar-refractivity contribution in [3.63, 3.8) is 0 Å². The van der Waals surface area contributed by atoms with Gasteiger partial charge in [-0.2, -0.15) is 0 Å². The lowest BCUT2D eigenvalue weighted by Crippen LogP contribution is -2.27. The van der Waals surface area contributed by atoms with E-state index in [1.54, 1.807) is 7.11 Å². The summed E-state index contributed by atoms with van der Waals surface area (Å²) in [4.78, 5) is 0. The van der Waals surface area contributed by atoms with Crippen molar-refractivity contribution in [2.75, 3.05) is 7.11 Å². The average molecular weight is 304 g/mol. The summed E-state index contributed by atoms with van der Waals surface area (Å²) in [6, 6.07) is 11.6. The summed E-state index contributed by atoms with van der Waals surface area (Å²) in [5.74, 6) is 1.50. The number of aryl methyl sites for hydroxylation is 1. The Labute approximate surface area is 129 Å². The lowest BCUT2D eigenvalue weighted by Gasteiger charge is -2.19. The molecule has 0 heterocycles. The Morgan fingerprint density at radius 3 is 2.71 bits per heavy atom. The number of rotatable bonds is 3. The Bertz CT molecular complexity index is 672. The van der Waals surface area contributed by atoms with Crippen molar-refractivity contribution in [1.29, 1.82) is 0 Å². The molecule has 21 heavy (non-hydrogen) atoms. The maximum Gasteiger partial charge on any atom is 0.138 e. The zero-order valence-corrected chi connectivity index (χ0v) is 12.9. The molecule has 0 fully saturated rings. The maximum atomic E-state index is 6.32. The van der Waals surface area contributed by atoms with Crippen molar-refractivity contribution in [2.24, 2.45) is 5.73 Å². The number of hydrogen-bond acceptors (Lipinski definition) is 3. The van der Waals surface area contributed by atoms with Crippen LogP contribution in [0.15, 0.2) is 36.4 Å². The molecule has 0 radical (unpaired) electrons. The van der Waals surface area contributed by atoms with Crippen LogP contribution in [0.1, 0.15) is 22.7 Å². The van der Waals surface area contributed by atoms with Gasteiger partial charge in [0, 0.05) is 6.42 Å². The Hall–Kier alpha value is -1.71. The van der Waals surface area contributed by atoms with Crippen LogP contribution >= 0.6 is 11.6 Å². The van der Waals surface area contributed by atoms with Gasteiger partial charge >= 0.3 is 0 Å². The first-order chi connectivity index (χ1) is 10.1. The highest BCUT2D eigenvalue weighted by molar-refractivity contribution is 6.32. The van der Waals surface area contributed by atoms with Crippen molar-refractivity contribution >= 4 is 11.6 Å². The Kier molecular flexibility index (Phi) is 3.79. The molecule has 0 aromatic heterocycles. The van der Waals surface area contributed by atoms with E-state index in [9.17, 15) is 0 Å². The van der Waals surface area contributed by atoms with E-state index < -0.39 is 0 Å². The van der Waals surface area contributed by atoms with Crippen LogP contribution in [0.5, 0.6) is 11.5 Å². The predicted octanol–water partition coefficient (Wildman–Crippen LogP) is 3.66. The molecule has 0 amide bonds. The fourth-order valence-corrected chi connectivity index (χ4v) is 3.00. The lowest BCUT2D eigenvalue weighted by atomic mass is 10.1. The molecule has 1 aliphatic rings. The second kappa shape index (κ2) is 5.58. The van der Waals surface area contributed by atoms with Crippen molar-refractivity contribution in [1.82, 2.24) is 0 Å². The first-order valence-corrected chi connectivity index (χ1v) is 7.31. The van der Waals surface area contributed by atoms with Crippen molar-refractivity contribution in [3.8, 4) is 11.5 Å². The molecule has 1 aliphatic carbocycles. The molecule has 0 spiro atoms. The largest absolute Gasteiger partial charge is 0.497 e. The van der Waals surface area contributed by atoms with Crippen LogP contribution in [-0.2, 0) is 6.42 Å². The molecule has 3 rings (SSSR count). The molecule has 3 nitrogen and oxygen atoms in total. The van der Waals surface area contributed by atoms with Crippen LogP contribution < -0.4 is 15.2 Å². The number of benzene rings is 2. The van der Waals surface area contributed by atoms with Gasteiger partial charge in [-0.05, 0) is 47.9 Å². The van der Waals surface area contributed by atoms with Crippen molar-refractivity contribution in [2.45, 2.75) is 25.5 Å².